The molecule has 1 saturated carbocycles. The summed E-state index contributed by atoms with van der Waals surface area (Å²) in [7, 11) is 0.0630. The van der Waals surface area contributed by atoms with Crippen LogP contribution in [0, 0.1) is 11.7 Å². The fraction of sp³-hybridized carbons (Fsp3) is 0.677. The number of halogens is 4. The van der Waals surface area contributed by atoms with Gasteiger partial charge in [0, 0.05) is 50.9 Å². The van der Waals surface area contributed by atoms with Gasteiger partial charge < -0.3 is 24.8 Å². The van der Waals surface area contributed by atoms with Crippen LogP contribution in [-0.2, 0) is 16.3 Å². The summed E-state index contributed by atoms with van der Waals surface area (Å²) < 4.78 is 67.0. The van der Waals surface area contributed by atoms with E-state index in [1.165, 1.54) is 23.9 Å². The molecule has 2 aliphatic rings. The fourth-order valence-corrected chi connectivity index (χ4v) is 6.78. The minimum absolute atomic E-state index is 0.0121. The molecule has 2 fully saturated rings. The molecule has 2 N–H and O–H groups in total. The molecule has 2 aromatic rings. The van der Waals surface area contributed by atoms with Crippen LogP contribution in [0.15, 0.2) is 18.3 Å². The van der Waals surface area contributed by atoms with Crippen LogP contribution < -0.4 is 10.1 Å². The van der Waals surface area contributed by atoms with Crippen LogP contribution in [0.5, 0.6) is 5.88 Å². The maximum atomic E-state index is 15.0. The zero-order valence-electron chi connectivity index (χ0n) is 27.1. The van der Waals surface area contributed by atoms with Gasteiger partial charge in [0.15, 0.2) is 17.1 Å². The number of piperidine rings is 1. The van der Waals surface area contributed by atoms with Gasteiger partial charge in [-0.3, -0.25) is 9.59 Å². The Balaban J connectivity index is 1.46. The maximum Gasteiger partial charge on any atom is 0.417 e. The highest BCUT2D eigenvalue weighted by Gasteiger charge is 2.54. The van der Waals surface area contributed by atoms with Crippen LogP contribution in [-0.4, -0.2) is 88.8 Å². The lowest BCUT2D eigenvalue weighted by Gasteiger charge is -2.40. The largest absolute Gasteiger partial charge is 0.481 e. The highest BCUT2D eigenvalue weighted by Crippen LogP contribution is 2.41. The molecule has 0 spiro atoms. The number of methoxy groups -OCH3 is 1. The zero-order valence-corrected chi connectivity index (χ0v) is 28.1. The van der Waals surface area contributed by atoms with Gasteiger partial charge in [0.25, 0.3) is 5.91 Å². The summed E-state index contributed by atoms with van der Waals surface area (Å²) in [6, 6.07) is 3.16. The summed E-state index contributed by atoms with van der Waals surface area (Å²) in [6.45, 7) is 9.40. The first-order chi connectivity index (χ1) is 21.5. The van der Waals surface area contributed by atoms with Crippen molar-refractivity contribution in [3.63, 3.8) is 0 Å². The molecule has 2 amide bonds. The van der Waals surface area contributed by atoms with E-state index >= 15 is 0 Å². The quantitative estimate of drug-likeness (QED) is 0.187. The molecular weight excluding hydrogens is 626 g/mol. The fourth-order valence-electron chi connectivity index (χ4n) is 6.03. The van der Waals surface area contributed by atoms with E-state index in [0.29, 0.717) is 31.6 Å². The molecule has 2 unspecified atom stereocenters. The number of ether oxygens (including phenoxy) is 2. The molecule has 2 aromatic heterocycles. The molecule has 46 heavy (non-hydrogen) atoms. The Morgan fingerprint density at radius 1 is 1.17 bits per heavy atom. The van der Waals surface area contributed by atoms with E-state index in [1.54, 1.807) is 4.90 Å². The summed E-state index contributed by atoms with van der Waals surface area (Å²) in [5, 5.41) is 17.3. The number of aliphatic hydroxyl groups is 1. The van der Waals surface area contributed by atoms with Crippen molar-refractivity contribution in [3.05, 3.63) is 29.8 Å². The lowest BCUT2D eigenvalue weighted by molar-refractivity contribution is -0.270. The number of hydrogen-bond donors (Lipinski definition) is 2. The normalized spacial score (nSPS) is 24.1. The lowest BCUT2D eigenvalue weighted by Crippen LogP contribution is -2.53. The molecule has 0 aromatic carbocycles. The third-order valence-corrected chi connectivity index (χ3v) is 10.7. The van der Waals surface area contributed by atoms with E-state index in [2.05, 4.69) is 35.0 Å². The summed E-state index contributed by atoms with van der Waals surface area (Å²) in [5.41, 5.74) is -2.11. The average molecular weight is 672 g/mol. The number of nitrogens with zero attached hydrogens (tertiary/aromatic N) is 4. The van der Waals surface area contributed by atoms with E-state index in [9.17, 15) is 32.3 Å². The van der Waals surface area contributed by atoms with Gasteiger partial charge in [-0.25, -0.2) is 14.1 Å². The van der Waals surface area contributed by atoms with E-state index in [0.717, 1.165) is 12.2 Å². The number of pyridine rings is 1. The van der Waals surface area contributed by atoms with Crippen LogP contribution in [0.25, 0.3) is 11.3 Å². The highest BCUT2D eigenvalue weighted by atomic mass is 28.3. The first-order valence-corrected chi connectivity index (χ1v) is 19.5. The van der Waals surface area contributed by atoms with E-state index in [-0.39, 0.29) is 61.1 Å². The van der Waals surface area contributed by atoms with Crippen molar-refractivity contribution in [1.82, 2.24) is 25.0 Å². The van der Waals surface area contributed by atoms with Crippen LogP contribution in [0.4, 0.5) is 17.6 Å². The minimum Gasteiger partial charge on any atom is -0.481 e. The summed E-state index contributed by atoms with van der Waals surface area (Å²) in [4.78, 5) is 32.6. The summed E-state index contributed by atoms with van der Waals surface area (Å²) >= 11 is 0. The first kappa shape index (κ1) is 35.8. The van der Waals surface area contributed by atoms with E-state index in [4.69, 9.17) is 9.47 Å². The van der Waals surface area contributed by atoms with Gasteiger partial charge in [0.2, 0.25) is 11.8 Å². The van der Waals surface area contributed by atoms with Crippen LogP contribution >= 0.6 is 0 Å². The Kier molecular flexibility index (Phi) is 11.2. The SMILES string of the molecule is CCC1CC(C(=O)NC2CCC(O)(C(F)(F)F)CC2)CCN1C(=O)c1cc(-c2cc(OC)ncc2F)n(COCC[Si](C)(C)C)n1. The van der Waals surface area contributed by atoms with Crippen molar-refractivity contribution in [2.24, 2.45) is 5.92 Å². The Bertz CT molecular complexity index is 1370. The van der Waals surface area contributed by atoms with Gasteiger partial charge in [-0.2, -0.15) is 18.3 Å². The third-order valence-electron chi connectivity index (χ3n) is 9.03. The molecule has 4 rings (SSSR count). The molecular formula is C31H45F4N5O5Si. The Hall–Kier alpha value is -3.04. The smallest absolute Gasteiger partial charge is 0.417 e. The zero-order chi connectivity index (χ0) is 33.9. The lowest BCUT2D eigenvalue weighted by atomic mass is 9.81. The summed E-state index contributed by atoms with van der Waals surface area (Å²) in [6.07, 6.45) is -3.17. The number of alkyl halides is 3. The Labute approximate surface area is 267 Å². The molecule has 2 atom stereocenters. The Morgan fingerprint density at radius 2 is 1.87 bits per heavy atom. The molecule has 0 radical (unpaired) electrons. The number of carbonyl (C=O) groups is 2. The average Bonchev–Trinajstić information content (AvgIpc) is 3.43. The van der Waals surface area contributed by atoms with Gasteiger partial charge in [0.1, 0.15) is 6.73 Å². The van der Waals surface area contributed by atoms with Crippen LogP contribution in [0.3, 0.4) is 0 Å². The van der Waals surface area contributed by atoms with Crippen molar-refractivity contribution < 1.29 is 41.7 Å². The molecule has 3 heterocycles. The van der Waals surface area contributed by atoms with Crippen molar-refractivity contribution in [3.8, 4) is 17.1 Å². The molecule has 1 aliphatic heterocycles. The number of rotatable bonds is 11. The Morgan fingerprint density at radius 3 is 2.48 bits per heavy atom. The van der Waals surface area contributed by atoms with Crippen molar-refractivity contribution >= 4 is 19.9 Å². The van der Waals surface area contributed by atoms with Crippen molar-refractivity contribution in [2.45, 2.75) is 108 Å². The van der Waals surface area contributed by atoms with Gasteiger partial charge in [-0.1, -0.05) is 26.6 Å². The van der Waals surface area contributed by atoms with Gasteiger partial charge in [-0.15, -0.1) is 0 Å². The second-order valence-corrected chi connectivity index (χ2v) is 19.2. The number of likely N-dealkylation sites (tertiary alicyclic amines) is 1. The van der Waals surface area contributed by atoms with Crippen LogP contribution in [0.2, 0.25) is 25.7 Å². The second kappa shape index (κ2) is 14.4. The van der Waals surface area contributed by atoms with Crippen molar-refractivity contribution in [2.75, 3.05) is 20.3 Å². The minimum atomic E-state index is -4.70. The summed E-state index contributed by atoms with van der Waals surface area (Å²) in [5.74, 6) is -1.43. The standard InChI is InChI=1S/C31H45F4N5O5Si/c1-6-22-15-20(28(41)37-21-7-10-30(43,11-8-21)31(33,34)35)9-12-39(22)29(42)25-17-26(23-16-27(44-2)36-18-24(23)32)40(38-25)19-45-13-14-46(3,4)5/h16-18,20-22,43H,6-15,19H2,1-5H3,(H,37,41). The molecule has 256 valence electrons. The molecule has 1 saturated heterocycles. The maximum absolute atomic E-state index is 15.0. The molecule has 0 bridgehead atoms. The van der Waals surface area contributed by atoms with Crippen molar-refractivity contribution in [1.29, 1.82) is 0 Å². The number of amides is 2. The second-order valence-electron chi connectivity index (χ2n) is 13.6. The highest BCUT2D eigenvalue weighted by molar-refractivity contribution is 6.76. The number of aromatic nitrogens is 3. The van der Waals surface area contributed by atoms with Gasteiger partial charge in [-0.05, 0) is 57.1 Å². The predicted molar refractivity (Wildman–Crippen MR) is 165 cm³/mol. The molecule has 10 nitrogen and oxygen atoms in total. The van der Waals surface area contributed by atoms with E-state index in [1.807, 2.05) is 6.92 Å². The van der Waals surface area contributed by atoms with Gasteiger partial charge in [0.05, 0.1) is 19.0 Å². The van der Waals surface area contributed by atoms with E-state index < -0.39 is 50.5 Å². The third kappa shape index (κ3) is 8.45. The van der Waals surface area contributed by atoms with Gasteiger partial charge >= 0.3 is 6.18 Å². The van der Waals surface area contributed by atoms with Crippen LogP contribution in [0.1, 0.15) is 62.4 Å². The monoisotopic (exact) mass is 671 g/mol. The first-order valence-electron chi connectivity index (χ1n) is 15.8. The predicted octanol–water partition coefficient (Wildman–Crippen LogP) is 5.39. The molecule has 1 aliphatic carbocycles. The number of nitrogens with one attached hydrogen (secondary N) is 1. The molecule has 15 heteroatoms. The topological polar surface area (TPSA) is 119 Å². The number of hydrogen-bond acceptors (Lipinski definition) is 7. The number of carbonyl (C=O) groups excluding carboxylic acids is 2.